The third-order valence-electron chi connectivity index (χ3n) is 3.74. The summed E-state index contributed by atoms with van der Waals surface area (Å²) in [7, 11) is 0. The topological polar surface area (TPSA) is 55.8 Å². The molecule has 19 heavy (non-hydrogen) atoms. The Labute approximate surface area is 119 Å². The molecule has 0 unspecified atom stereocenters. The molecule has 4 nitrogen and oxygen atoms in total. The van der Waals surface area contributed by atoms with Crippen molar-refractivity contribution in [2.24, 2.45) is 0 Å². The van der Waals surface area contributed by atoms with Crippen LogP contribution in [0.15, 0.2) is 16.6 Å². The van der Waals surface area contributed by atoms with Crippen molar-refractivity contribution < 1.29 is 19.4 Å². The molecule has 1 aliphatic carbocycles. The number of carbonyl (C=O) groups is 1. The van der Waals surface area contributed by atoms with Crippen molar-refractivity contribution in [3.8, 4) is 11.5 Å². The van der Waals surface area contributed by atoms with Gasteiger partial charge in [0.2, 0.25) is 0 Å². The second-order valence-corrected chi connectivity index (χ2v) is 6.01. The Balaban J connectivity index is 2.07. The summed E-state index contributed by atoms with van der Waals surface area (Å²) in [6.07, 6.45) is 2.76. The van der Waals surface area contributed by atoms with Gasteiger partial charge in [-0.05, 0) is 25.0 Å². The lowest BCUT2D eigenvalue weighted by Gasteiger charge is -2.20. The molecule has 1 aromatic rings. The lowest BCUT2D eigenvalue weighted by molar-refractivity contribution is -0.137. The molecule has 0 spiro atoms. The zero-order chi connectivity index (χ0) is 13.5. The van der Waals surface area contributed by atoms with Crippen LogP contribution in [-0.4, -0.2) is 24.3 Å². The maximum atomic E-state index is 11.1. The number of hydrogen-bond acceptors (Lipinski definition) is 3. The molecule has 102 valence electrons. The van der Waals surface area contributed by atoms with Gasteiger partial charge in [0.1, 0.15) is 0 Å². The monoisotopic (exact) mass is 326 g/mol. The zero-order valence-electron chi connectivity index (χ0n) is 10.4. The van der Waals surface area contributed by atoms with E-state index in [1.54, 1.807) is 0 Å². The Hall–Kier alpha value is -1.23. The van der Waals surface area contributed by atoms with Crippen LogP contribution >= 0.6 is 15.9 Å². The molecule has 0 atom stereocenters. The van der Waals surface area contributed by atoms with Gasteiger partial charge in [0.25, 0.3) is 0 Å². The largest absolute Gasteiger partial charge is 0.490 e. The van der Waals surface area contributed by atoms with E-state index in [9.17, 15) is 4.79 Å². The molecular weight excluding hydrogens is 312 g/mol. The minimum Gasteiger partial charge on any atom is -0.490 e. The number of carboxylic acids is 1. The molecule has 1 N–H and O–H groups in total. The number of fused-ring (bicyclic) bond motifs is 1. The van der Waals surface area contributed by atoms with Crippen LogP contribution in [0.25, 0.3) is 0 Å². The number of hydrogen-bond donors (Lipinski definition) is 1. The first kappa shape index (κ1) is 12.8. The smallest absolute Gasteiger partial charge is 0.304 e. The number of aliphatic carboxylic acids is 1. The van der Waals surface area contributed by atoms with Crippen LogP contribution in [0.2, 0.25) is 0 Å². The second-order valence-electron chi connectivity index (χ2n) is 5.15. The van der Waals surface area contributed by atoms with Crippen molar-refractivity contribution in [3.63, 3.8) is 0 Å². The van der Waals surface area contributed by atoms with Gasteiger partial charge in [-0.25, -0.2) is 0 Å². The average molecular weight is 327 g/mol. The molecule has 5 heteroatoms. The third-order valence-corrected chi connectivity index (χ3v) is 4.40. The van der Waals surface area contributed by atoms with E-state index in [0.717, 1.165) is 40.8 Å². The van der Waals surface area contributed by atoms with Gasteiger partial charge in [0, 0.05) is 21.9 Å². The molecule has 1 aliphatic heterocycles. The van der Waals surface area contributed by atoms with Crippen LogP contribution in [0, 0.1) is 0 Å². The summed E-state index contributed by atoms with van der Waals surface area (Å²) in [6, 6.07) is 3.80. The first-order valence-corrected chi connectivity index (χ1v) is 7.22. The molecule has 0 aromatic heterocycles. The van der Waals surface area contributed by atoms with Crippen molar-refractivity contribution >= 4 is 21.9 Å². The van der Waals surface area contributed by atoms with Gasteiger partial charge in [-0.3, -0.25) is 4.79 Å². The molecule has 1 saturated carbocycles. The average Bonchev–Trinajstić information content (AvgIpc) is 3.12. The molecule has 2 aliphatic rings. The van der Waals surface area contributed by atoms with Gasteiger partial charge in [-0.1, -0.05) is 15.9 Å². The predicted molar refractivity (Wildman–Crippen MR) is 72.9 cm³/mol. The Kier molecular flexibility index (Phi) is 3.17. The number of benzene rings is 1. The van der Waals surface area contributed by atoms with Gasteiger partial charge >= 0.3 is 5.97 Å². The standard InChI is InChI=1S/C14H15BrO4/c15-9-2-3-10-13(19-7-1-6-18-10)12(9)14(4-5-14)8-11(16)17/h2-3H,1,4-8H2,(H,16,17). The van der Waals surface area contributed by atoms with Crippen LogP contribution in [0.1, 0.15) is 31.2 Å². The SMILES string of the molecule is O=C(O)CC1(c2c(Br)ccc3c2OCCCO3)CC1. The van der Waals surface area contributed by atoms with E-state index in [4.69, 9.17) is 14.6 Å². The first-order valence-electron chi connectivity index (χ1n) is 6.43. The highest BCUT2D eigenvalue weighted by atomic mass is 79.9. The molecule has 3 rings (SSSR count). The van der Waals surface area contributed by atoms with Crippen molar-refractivity contribution in [3.05, 3.63) is 22.2 Å². The lowest BCUT2D eigenvalue weighted by Crippen LogP contribution is -2.15. The Morgan fingerprint density at radius 3 is 2.74 bits per heavy atom. The molecular formula is C14H15BrO4. The van der Waals surface area contributed by atoms with Crippen LogP contribution in [-0.2, 0) is 10.2 Å². The molecule has 1 heterocycles. The van der Waals surface area contributed by atoms with E-state index in [-0.39, 0.29) is 11.8 Å². The van der Waals surface area contributed by atoms with Crippen molar-refractivity contribution in [1.29, 1.82) is 0 Å². The quantitative estimate of drug-likeness (QED) is 0.927. The van der Waals surface area contributed by atoms with Crippen molar-refractivity contribution in [1.82, 2.24) is 0 Å². The Bertz CT molecular complexity index is 522. The normalized spacial score (nSPS) is 19.6. The molecule has 1 fully saturated rings. The van der Waals surface area contributed by atoms with Crippen LogP contribution < -0.4 is 9.47 Å². The van der Waals surface area contributed by atoms with E-state index in [2.05, 4.69) is 15.9 Å². The molecule has 0 bridgehead atoms. The van der Waals surface area contributed by atoms with Gasteiger partial charge in [-0.15, -0.1) is 0 Å². The first-order chi connectivity index (χ1) is 9.12. The van der Waals surface area contributed by atoms with Gasteiger partial charge < -0.3 is 14.6 Å². The number of halogens is 1. The maximum Gasteiger partial charge on any atom is 0.304 e. The minimum atomic E-state index is -0.767. The highest BCUT2D eigenvalue weighted by Gasteiger charge is 2.49. The third kappa shape index (κ3) is 2.31. The Morgan fingerprint density at radius 1 is 1.32 bits per heavy atom. The molecule has 0 radical (unpaired) electrons. The zero-order valence-corrected chi connectivity index (χ0v) is 12.0. The summed E-state index contributed by atoms with van der Waals surface area (Å²) >= 11 is 3.54. The van der Waals surface area contributed by atoms with E-state index in [0.29, 0.717) is 13.2 Å². The fourth-order valence-electron chi connectivity index (χ4n) is 2.66. The lowest BCUT2D eigenvalue weighted by atomic mass is 9.91. The van der Waals surface area contributed by atoms with Crippen molar-refractivity contribution in [2.45, 2.75) is 31.1 Å². The molecule has 0 saturated heterocycles. The number of rotatable bonds is 3. The second kappa shape index (κ2) is 4.71. The summed E-state index contributed by atoms with van der Waals surface area (Å²) < 4.78 is 12.4. The van der Waals surface area contributed by atoms with Crippen LogP contribution in [0.4, 0.5) is 0 Å². The van der Waals surface area contributed by atoms with Gasteiger partial charge in [0.15, 0.2) is 11.5 Å². The Morgan fingerprint density at radius 2 is 2.05 bits per heavy atom. The van der Waals surface area contributed by atoms with Crippen LogP contribution in [0.5, 0.6) is 11.5 Å². The fraction of sp³-hybridized carbons (Fsp3) is 0.500. The highest BCUT2D eigenvalue weighted by Crippen LogP contribution is 2.58. The van der Waals surface area contributed by atoms with Gasteiger partial charge in [-0.2, -0.15) is 0 Å². The van der Waals surface area contributed by atoms with Crippen LogP contribution in [0.3, 0.4) is 0 Å². The summed E-state index contributed by atoms with van der Waals surface area (Å²) in [5.41, 5.74) is 0.679. The van der Waals surface area contributed by atoms with Crippen molar-refractivity contribution in [2.75, 3.05) is 13.2 Å². The summed E-state index contributed by atoms with van der Waals surface area (Å²) in [6.45, 7) is 1.25. The minimum absolute atomic E-state index is 0.144. The van der Waals surface area contributed by atoms with E-state index < -0.39 is 5.97 Å². The van der Waals surface area contributed by atoms with E-state index in [1.807, 2.05) is 12.1 Å². The number of ether oxygens (including phenoxy) is 2. The summed E-state index contributed by atoms with van der Waals surface area (Å²) in [5.74, 6) is 0.689. The molecule has 1 aromatic carbocycles. The maximum absolute atomic E-state index is 11.1. The highest BCUT2D eigenvalue weighted by molar-refractivity contribution is 9.10. The van der Waals surface area contributed by atoms with Gasteiger partial charge in [0.05, 0.1) is 19.6 Å². The fourth-order valence-corrected chi connectivity index (χ4v) is 3.39. The summed E-state index contributed by atoms with van der Waals surface area (Å²) in [4.78, 5) is 11.1. The van der Waals surface area contributed by atoms with E-state index in [1.165, 1.54) is 0 Å². The summed E-state index contributed by atoms with van der Waals surface area (Å²) in [5, 5.41) is 9.11. The number of carboxylic acid groups (broad SMARTS) is 1. The predicted octanol–water partition coefficient (Wildman–Crippen LogP) is 3.12. The molecule has 0 amide bonds. The van der Waals surface area contributed by atoms with E-state index >= 15 is 0 Å².